The average Bonchev–Trinajstić information content (AvgIpc) is 2.68. The maximum absolute atomic E-state index is 6.91. The second-order valence-corrected chi connectivity index (χ2v) is 19.7. The third-order valence-corrected chi connectivity index (χ3v) is 13.2. The van der Waals surface area contributed by atoms with Crippen LogP contribution in [-0.4, -0.2) is 28.8 Å². The minimum Gasteiger partial charge on any atom is -0.491 e. The molecule has 184 valence electrons. The fraction of sp³-hybridized carbons (Fsp3) is 0.571. The highest BCUT2D eigenvalue weighted by atomic mass is 28.4. The van der Waals surface area contributed by atoms with E-state index in [2.05, 4.69) is 102 Å². The van der Waals surface area contributed by atoms with Crippen molar-refractivity contribution in [2.24, 2.45) is 0 Å². The van der Waals surface area contributed by atoms with Crippen molar-refractivity contribution >= 4 is 16.6 Å². The van der Waals surface area contributed by atoms with Gasteiger partial charge in [0.15, 0.2) is 16.6 Å². The molecule has 0 saturated heterocycles. The van der Waals surface area contributed by atoms with Crippen LogP contribution >= 0.6 is 0 Å². The van der Waals surface area contributed by atoms with Crippen molar-refractivity contribution in [3.8, 4) is 11.5 Å². The van der Waals surface area contributed by atoms with Gasteiger partial charge in [0.1, 0.15) is 11.5 Å². The van der Waals surface area contributed by atoms with Crippen molar-refractivity contribution in [3.05, 3.63) is 59.7 Å². The van der Waals surface area contributed by atoms with Crippen LogP contribution < -0.4 is 9.47 Å². The molecular formula is C28H46O3Si2. The molecular weight excluding hydrogens is 440 g/mol. The Balaban J connectivity index is 1.84. The number of hydrogen-bond donors (Lipinski definition) is 0. The summed E-state index contributed by atoms with van der Waals surface area (Å²) in [5.74, 6) is 2.06. The quantitative estimate of drug-likeness (QED) is 0.252. The van der Waals surface area contributed by atoms with Crippen LogP contribution in [0, 0.1) is 0 Å². The van der Waals surface area contributed by atoms with Gasteiger partial charge in [0.2, 0.25) is 0 Å². The van der Waals surface area contributed by atoms with Crippen LogP contribution in [0.2, 0.25) is 38.3 Å². The Hall–Kier alpha value is -1.57. The van der Waals surface area contributed by atoms with Crippen molar-refractivity contribution in [1.29, 1.82) is 0 Å². The highest BCUT2D eigenvalue weighted by Crippen LogP contribution is 2.28. The number of para-hydroxylation sites is 2. The zero-order valence-corrected chi connectivity index (χ0v) is 24.2. The number of aryl methyl sites for hydroxylation is 2. The topological polar surface area (TPSA) is 27.7 Å². The van der Waals surface area contributed by atoms with Gasteiger partial charge in [-0.05, 0) is 115 Å². The fourth-order valence-corrected chi connectivity index (χ4v) is 13.3. The molecule has 3 nitrogen and oxygen atoms in total. The summed E-state index contributed by atoms with van der Waals surface area (Å²) in [7, 11) is -3.42. The van der Waals surface area contributed by atoms with Gasteiger partial charge in [-0.3, -0.25) is 0 Å². The Morgan fingerprint density at radius 3 is 1.33 bits per heavy atom. The second kappa shape index (κ2) is 12.8. The molecule has 0 radical (unpaired) electrons. The SMILES string of the molecule is CC(C)Oc1ccccc1CCC[Si](C)(C)O[Si](C)(C)CCCc1ccccc1OC(C)C. The Labute approximate surface area is 205 Å². The van der Waals surface area contributed by atoms with Gasteiger partial charge >= 0.3 is 0 Å². The third-order valence-electron chi connectivity index (χ3n) is 5.67. The van der Waals surface area contributed by atoms with E-state index in [0.717, 1.165) is 37.2 Å². The summed E-state index contributed by atoms with van der Waals surface area (Å²) in [6.45, 7) is 17.9. The van der Waals surface area contributed by atoms with E-state index in [9.17, 15) is 0 Å². The molecule has 33 heavy (non-hydrogen) atoms. The molecule has 0 aliphatic rings. The Bertz CT molecular complexity index is 777. The summed E-state index contributed by atoms with van der Waals surface area (Å²) in [5, 5.41) is 0. The molecule has 0 aliphatic carbocycles. The van der Waals surface area contributed by atoms with Crippen molar-refractivity contribution in [2.75, 3.05) is 0 Å². The van der Waals surface area contributed by atoms with Gasteiger partial charge in [-0.25, -0.2) is 0 Å². The molecule has 0 heterocycles. The van der Waals surface area contributed by atoms with Crippen LogP contribution in [0.4, 0.5) is 0 Å². The molecule has 5 heteroatoms. The fourth-order valence-electron chi connectivity index (χ4n) is 4.42. The Morgan fingerprint density at radius 1 is 0.606 bits per heavy atom. The van der Waals surface area contributed by atoms with E-state index in [-0.39, 0.29) is 12.2 Å². The van der Waals surface area contributed by atoms with Gasteiger partial charge in [-0.1, -0.05) is 36.4 Å². The first-order valence-electron chi connectivity index (χ1n) is 12.7. The van der Waals surface area contributed by atoms with Crippen LogP contribution in [0.3, 0.4) is 0 Å². The van der Waals surface area contributed by atoms with E-state index in [0.29, 0.717) is 0 Å². The minimum atomic E-state index is -1.71. The van der Waals surface area contributed by atoms with E-state index in [1.165, 1.54) is 23.2 Å². The molecule has 0 unspecified atom stereocenters. The molecule has 2 aromatic rings. The molecule has 0 spiro atoms. The first-order valence-corrected chi connectivity index (χ1v) is 18.9. The minimum absolute atomic E-state index is 0.205. The highest BCUT2D eigenvalue weighted by molar-refractivity contribution is 6.84. The molecule has 0 atom stereocenters. The van der Waals surface area contributed by atoms with E-state index in [4.69, 9.17) is 13.6 Å². The van der Waals surface area contributed by atoms with Crippen LogP contribution in [0.15, 0.2) is 48.5 Å². The zero-order chi connectivity index (χ0) is 24.5. The zero-order valence-electron chi connectivity index (χ0n) is 22.2. The first-order chi connectivity index (χ1) is 15.5. The molecule has 0 saturated carbocycles. The smallest absolute Gasteiger partial charge is 0.173 e. The second-order valence-electron chi connectivity index (χ2n) is 10.9. The van der Waals surface area contributed by atoms with Crippen molar-refractivity contribution in [3.63, 3.8) is 0 Å². The summed E-state index contributed by atoms with van der Waals surface area (Å²) >= 11 is 0. The maximum Gasteiger partial charge on any atom is 0.173 e. The number of ether oxygens (including phenoxy) is 2. The summed E-state index contributed by atoms with van der Waals surface area (Å²) < 4.78 is 18.9. The van der Waals surface area contributed by atoms with Crippen molar-refractivity contribution < 1.29 is 13.6 Å². The lowest BCUT2D eigenvalue weighted by Gasteiger charge is -2.34. The van der Waals surface area contributed by atoms with Crippen LogP contribution in [0.25, 0.3) is 0 Å². The predicted molar refractivity (Wildman–Crippen MR) is 147 cm³/mol. The van der Waals surface area contributed by atoms with E-state index >= 15 is 0 Å². The molecule has 0 aromatic heterocycles. The molecule has 2 aromatic carbocycles. The van der Waals surface area contributed by atoms with E-state index < -0.39 is 16.6 Å². The molecule has 0 N–H and O–H groups in total. The average molecular weight is 487 g/mol. The molecule has 0 aliphatic heterocycles. The lowest BCUT2D eigenvalue weighted by atomic mass is 10.1. The normalized spacial score (nSPS) is 12.4. The van der Waals surface area contributed by atoms with Crippen LogP contribution in [0.1, 0.15) is 51.7 Å². The number of hydrogen-bond acceptors (Lipinski definition) is 3. The van der Waals surface area contributed by atoms with Crippen molar-refractivity contribution in [1.82, 2.24) is 0 Å². The predicted octanol–water partition coefficient (Wildman–Crippen LogP) is 8.25. The summed E-state index contributed by atoms with van der Waals surface area (Å²) in [5.41, 5.74) is 2.63. The number of benzene rings is 2. The van der Waals surface area contributed by atoms with Gasteiger partial charge in [0.25, 0.3) is 0 Å². The standard InChI is InChI=1S/C28H46O3Si2/c1-23(2)29-27-19-11-9-15-25(27)17-13-21-32(5,6)31-33(7,8)22-14-18-26-16-10-12-20-28(26)30-24(3)4/h9-12,15-16,19-20,23-24H,13-14,17-18,21-22H2,1-8H3. The molecule has 0 fully saturated rings. The summed E-state index contributed by atoms with van der Waals surface area (Å²) in [6, 6.07) is 19.3. The van der Waals surface area contributed by atoms with Crippen LogP contribution in [-0.2, 0) is 17.0 Å². The molecule has 2 rings (SSSR count). The number of rotatable bonds is 14. The largest absolute Gasteiger partial charge is 0.491 e. The van der Waals surface area contributed by atoms with Crippen LogP contribution in [0.5, 0.6) is 11.5 Å². The summed E-state index contributed by atoms with van der Waals surface area (Å²) in [6.07, 6.45) is 4.82. The maximum atomic E-state index is 6.91. The Morgan fingerprint density at radius 2 is 0.970 bits per heavy atom. The van der Waals surface area contributed by atoms with Gasteiger partial charge in [0, 0.05) is 0 Å². The van der Waals surface area contributed by atoms with Gasteiger partial charge in [-0.2, -0.15) is 0 Å². The molecule has 0 amide bonds. The van der Waals surface area contributed by atoms with Gasteiger partial charge in [0.05, 0.1) is 12.2 Å². The first kappa shape index (κ1) is 27.7. The summed E-state index contributed by atoms with van der Waals surface area (Å²) in [4.78, 5) is 0. The third kappa shape index (κ3) is 10.5. The molecule has 0 bridgehead atoms. The van der Waals surface area contributed by atoms with Gasteiger partial charge in [-0.15, -0.1) is 0 Å². The lowest BCUT2D eigenvalue weighted by molar-refractivity contribution is 0.239. The van der Waals surface area contributed by atoms with Gasteiger partial charge < -0.3 is 13.6 Å². The highest BCUT2D eigenvalue weighted by Gasteiger charge is 2.32. The Kier molecular flexibility index (Phi) is 10.7. The lowest BCUT2D eigenvalue weighted by Crippen LogP contribution is -2.44. The van der Waals surface area contributed by atoms with Crippen molar-refractivity contribution in [2.45, 2.75) is 104 Å². The van der Waals surface area contributed by atoms with E-state index in [1.807, 2.05) is 0 Å². The monoisotopic (exact) mass is 486 g/mol. The van der Waals surface area contributed by atoms with E-state index in [1.54, 1.807) is 0 Å².